The topological polar surface area (TPSA) is 43.8 Å². The Hall–Kier alpha value is -1.88. The first kappa shape index (κ1) is 16.0. The molecule has 120 valence electrons. The molecule has 1 saturated heterocycles. The Labute approximate surface area is 140 Å². The van der Waals surface area contributed by atoms with Crippen LogP contribution in [0.4, 0.5) is 0 Å². The Bertz CT molecular complexity index is 676. The first-order valence-electron chi connectivity index (χ1n) is 7.61. The van der Waals surface area contributed by atoms with Crippen LogP contribution in [0.5, 0.6) is 0 Å². The van der Waals surface area contributed by atoms with Gasteiger partial charge in [0.25, 0.3) is 5.91 Å². The fourth-order valence-corrected chi connectivity index (χ4v) is 3.34. The van der Waals surface area contributed by atoms with Gasteiger partial charge in [-0.05, 0) is 19.1 Å². The molecule has 2 unspecified atom stereocenters. The molecule has 2 aromatic rings. The van der Waals surface area contributed by atoms with Crippen LogP contribution in [-0.4, -0.2) is 40.1 Å². The molecular weight excluding hydrogens is 312 g/mol. The van der Waals surface area contributed by atoms with Crippen molar-refractivity contribution < 1.29 is 9.90 Å². The molecule has 3 rings (SSSR count). The zero-order valence-electron chi connectivity index (χ0n) is 12.9. The molecule has 23 heavy (non-hydrogen) atoms. The van der Waals surface area contributed by atoms with Gasteiger partial charge >= 0.3 is 0 Å². The summed E-state index contributed by atoms with van der Waals surface area (Å²) in [6, 6.07) is 18.2. The lowest BCUT2D eigenvalue weighted by Crippen LogP contribution is -2.48. The van der Waals surface area contributed by atoms with Crippen LogP contribution < -0.4 is 0 Å². The van der Waals surface area contributed by atoms with Crippen molar-refractivity contribution in [3.8, 4) is 0 Å². The maximum Gasteiger partial charge on any atom is 0.255 e. The fraction of sp³-hybridized carbons (Fsp3) is 0.278. The second kappa shape index (κ2) is 6.32. The molecule has 0 aromatic heterocycles. The summed E-state index contributed by atoms with van der Waals surface area (Å²) in [5, 5.41) is 9.15. The number of rotatable bonds is 3. The Morgan fingerprint density at radius 1 is 1.09 bits per heavy atom. The predicted octanol–water partition coefficient (Wildman–Crippen LogP) is 2.83. The van der Waals surface area contributed by atoms with Crippen molar-refractivity contribution in [2.24, 2.45) is 0 Å². The number of halogens is 1. The molecule has 4 nitrogen and oxygen atoms in total. The van der Waals surface area contributed by atoms with Crippen LogP contribution in [0, 0.1) is 0 Å². The van der Waals surface area contributed by atoms with E-state index in [1.165, 1.54) is 0 Å². The maximum absolute atomic E-state index is 12.6. The molecule has 2 aromatic carbocycles. The largest absolute Gasteiger partial charge is 0.359 e. The third-order valence-electron chi connectivity index (χ3n) is 4.29. The average Bonchev–Trinajstić information content (AvgIpc) is 2.98. The van der Waals surface area contributed by atoms with Gasteiger partial charge in [-0.1, -0.05) is 60.1 Å². The maximum atomic E-state index is 12.6. The van der Waals surface area contributed by atoms with Gasteiger partial charge in [0.05, 0.1) is 6.17 Å². The predicted molar refractivity (Wildman–Crippen MR) is 89.8 cm³/mol. The number of aliphatic hydroxyl groups is 1. The van der Waals surface area contributed by atoms with Gasteiger partial charge in [0.1, 0.15) is 0 Å². The monoisotopic (exact) mass is 330 g/mol. The minimum atomic E-state index is -1.63. The molecule has 1 amide bonds. The fourth-order valence-electron chi connectivity index (χ4n) is 2.99. The molecule has 0 spiro atoms. The zero-order valence-corrected chi connectivity index (χ0v) is 13.6. The van der Waals surface area contributed by atoms with Crippen LogP contribution >= 0.6 is 11.6 Å². The van der Waals surface area contributed by atoms with Gasteiger partial charge in [-0.15, -0.1) is 0 Å². The molecule has 1 aliphatic rings. The molecule has 5 heteroatoms. The van der Waals surface area contributed by atoms with E-state index in [2.05, 4.69) is 0 Å². The van der Waals surface area contributed by atoms with E-state index in [1.54, 1.807) is 34.1 Å². The number of carbonyl (C=O) groups is 1. The molecular formula is C18H19ClN2O2. The quantitative estimate of drug-likeness (QED) is 0.695. The lowest BCUT2D eigenvalue weighted by atomic mass is 10.1. The molecule has 0 saturated carbocycles. The van der Waals surface area contributed by atoms with Gasteiger partial charge in [-0.25, -0.2) is 4.90 Å². The first-order valence-corrected chi connectivity index (χ1v) is 7.99. The lowest BCUT2D eigenvalue weighted by Gasteiger charge is -2.36. The third kappa shape index (κ3) is 2.98. The van der Waals surface area contributed by atoms with Crippen LogP contribution in [0.25, 0.3) is 0 Å². The van der Waals surface area contributed by atoms with E-state index in [9.17, 15) is 9.90 Å². The molecule has 1 N–H and O–H groups in total. The van der Waals surface area contributed by atoms with E-state index in [-0.39, 0.29) is 12.1 Å². The lowest BCUT2D eigenvalue weighted by molar-refractivity contribution is -0.0603. The first-order chi connectivity index (χ1) is 11.0. The van der Waals surface area contributed by atoms with Crippen LogP contribution in [0.1, 0.15) is 22.8 Å². The summed E-state index contributed by atoms with van der Waals surface area (Å²) < 4.78 is 0. The van der Waals surface area contributed by atoms with Gasteiger partial charge in [0.2, 0.25) is 5.18 Å². The number of carbonyl (C=O) groups excluding carboxylic acids is 1. The van der Waals surface area contributed by atoms with Crippen LogP contribution in [-0.2, 0) is 5.18 Å². The van der Waals surface area contributed by atoms with Crippen molar-refractivity contribution in [1.82, 2.24) is 9.80 Å². The summed E-state index contributed by atoms with van der Waals surface area (Å²) >= 11 is 6.42. The van der Waals surface area contributed by atoms with Crippen molar-refractivity contribution >= 4 is 17.5 Å². The highest BCUT2D eigenvalue weighted by molar-refractivity contribution is 6.22. The normalized spacial score (nSPS) is 21.2. The minimum Gasteiger partial charge on any atom is -0.359 e. The molecule has 2 atom stereocenters. The van der Waals surface area contributed by atoms with E-state index in [0.717, 1.165) is 0 Å². The number of hydrogen-bond donors (Lipinski definition) is 1. The minimum absolute atomic E-state index is 0.0545. The SMILES string of the molecule is CC1N(C(=O)c2ccccc2)CCN1C(O)(Cl)c1ccccc1. The molecule has 0 aliphatic carbocycles. The van der Waals surface area contributed by atoms with Gasteiger partial charge in [0.15, 0.2) is 0 Å². The third-order valence-corrected chi connectivity index (χ3v) is 4.72. The second-order valence-electron chi connectivity index (χ2n) is 5.64. The Morgan fingerprint density at radius 2 is 1.65 bits per heavy atom. The highest BCUT2D eigenvalue weighted by atomic mass is 35.5. The number of benzene rings is 2. The number of nitrogens with zero attached hydrogens (tertiary/aromatic N) is 2. The second-order valence-corrected chi connectivity index (χ2v) is 6.17. The van der Waals surface area contributed by atoms with E-state index >= 15 is 0 Å². The summed E-state index contributed by atoms with van der Waals surface area (Å²) in [5.74, 6) is -0.0545. The van der Waals surface area contributed by atoms with Crippen LogP contribution in [0.15, 0.2) is 60.7 Å². The highest BCUT2D eigenvalue weighted by Crippen LogP contribution is 2.35. The molecule has 0 radical (unpaired) electrons. The summed E-state index contributed by atoms with van der Waals surface area (Å²) in [7, 11) is 0. The summed E-state index contributed by atoms with van der Waals surface area (Å²) in [5.41, 5.74) is 1.24. The van der Waals surface area contributed by atoms with Crippen molar-refractivity contribution in [3.63, 3.8) is 0 Å². The van der Waals surface area contributed by atoms with Crippen LogP contribution in [0.3, 0.4) is 0 Å². The standard InChI is InChI=1S/C18H19ClN2O2/c1-14-20(17(22)15-8-4-2-5-9-15)12-13-21(14)18(19,23)16-10-6-3-7-11-16/h2-11,14,23H,12-13H2,1H3. The number of alkyl halides is 1. The smallest absolute Gasteiger partial charge is 0.255 e. The Balaban J connectivity index is 1.82. The van der Waals surface area contributed by atoms with E-state index in [0.29, 0.717) is 24.2 Å². The van der Waals surface area contributed by atoms with Crippen molar-refractivity contribution in [1.29, 1.82) is 0 Å². The highest BCUT2D eigenvalue weighted by Gasteiger charge is 2.44. The van der Waals surface area contributed by atoms with E-state index in [1.807, 2.05) is 43.3 Å². The number of amides is 1. The Kier molecular flexibility index (Phi) is 4.39. The van der Waals surface area contributed by atoms with Crippen molar-refractivity contribution in [2.75, 3.05) is 13.1 Å². The van der Waals surface area contributed by atoms with E-state index in [4.69, 9.17) is 11.6 Å². The van der Waals surface area contributed by atoms with E-state index < -0.39 is 5.18 Å². The summed E-state index contributed by atoms with van der Waals surface area (Å²) in [6.07, 6.45) is -0.301. The van der Waals surface area contributed by atoms with Gasteiger partial charge in [-0.2, -0.15) is 0 Å². The van der Waals surface area contributed by atoms with Gasteiger partial charge in [0, 0.05) is 24.2 Å². The molecule has 1 heterocycles. The zero-order chi connectivity index (χ0) is 16.4. The van der Waals surface area contributed by atoms with Crippen molar-refractivity contribution in [2.45, 2.75) is 18.3 Å². The van der Waals surface area contributed by atoms with Gasteiger partial charge < -0.3 is 10.0 Å². The molecule has 1 aliphatic heterocycles. The molecule has 0 bridgehead atoms. The molecule has 1 fully saturated rings. The van der Waals surface area contributed by atoms with Crippen molar-refractivity contribution in [3.05, 3.63) is 71.8 Å². The number of hydrogen-bond acceptors (Lipinski definition) is 3. The summed E-state index contributed by atoms with van der Waals surface area (Å²) in [4.78, 5) is 16.1. The Morgan fingerprint density at radius 3 is 2.26 bits per heavy atom. The summed E-state index contributed by atoms with van der Waals surface area (Å²) in [6.45, 7) is 2.91. The van der Waals surface area contributed by atoms with Crippen LogP contribution in [0.2, 0.25) is 0 Å². The average molecular weight is 331 g/mol. The van der Waals surface area contributed by atoms with Gasteiger partial charge in [-0.3, -0.25) is 4.79 Å².